The summed E-state index contributed by atoms with van der Waals surface area (Å²) in [6.45, 7) is 4.02. The van der Waals surface area contributed by atoms with E-state index >= 15 is 0 Å². The van der Waals surface area contributed by atoms with Crippen molar-refractivity contribution in [3.8, 4) is 0 Å². The zero-order valence-corrected chi connectivity index (χ0v) is 64.6. The number of likely N-dealkylation sites (N-methyl/N-ethyl adjacent to an activating group) is 1. The fraction of sp³-hybridized carbons (Fsp3) is 0.659. The molecule has 0 rings (SSSR count). The van der Waals surface area contributed by atoms with Crippen LogP contribution in [0.15, 0.2) is 170 Å². The predicted molar refractivity (Wildman–Crippen MR) is 424 cm³/mol. The summed E-state index contributed by atoms with van der Waals surface area (Å²) in [4.78, 5) is 38.2. The Hall–Kier alpha value is -4.63. The number of quaternary nitrogens is 1. The van der Waals surface area contributed by atoms with Crippen molar-refractivity contribution >= 4 is 19.8 Å². The van der Waals surface area contributed by atoms with Crippen LogP contribution in [0.3, 0.4) is 0 Å². The van der Waals surface area contributed by atoms with E-state index in [1.807, 2.05) is 21.1 Å². The average Bonchev–Trinajstić information content (AvgIpc) is 1.08. The molecule has 0 heterocycles. The number of unbranched alkanes of at least 4 members (excludes halogenated alkanes) is 30. The molecule has 0 aliphatic heterocycles. The molecule has 0 N–H and O–H groups in total. The van der Waals surface area contributed by atoms with Crippen molar-refractivity contribution in [1.82, 2.24) is 0 Å². The number of hydrogen-bond donors (Lipinski definition) is 0. The van der Waals surface area contributed by atoms with Gasteiger partial charge in [0.25, 0.3) is 7.82 Å². The van der Waals surface area contributed by atoms with E-state index < -0.39 is 26.5 Å². The van der Waals surface area contributed by atoms with Crippen LogP contribution in [0.1, 0.15) is 322 Å². The Morgan fingerprint density at radius 2 is 0.551 bits per heavy atom. The van der Waals surface area contributed by atoms with Gasteiger partial charge >= 0.3 is 11.9 Å². The molecule has 2 atom stereocenters. The van der Waals surface area contributed by atoms with Crippen LogP contribution in [0.5, 0.6) is 0 Å². The van der Waals surface area contributed by atoms with Crippen molar-refractivity contribution in [2.75, 3.05) is 47.5 Å². The second-order valence-electron chi connectivity index (χ2n) is 27.3. The van der Waals surface area contributed by atoms with Crippen LogP contribution in [0, 0.1) is 0 Å². The molecule has 2 unspecified atom stereocenters. The first-order valence-corrected chi connectivity index (χ1v) is 41.3. The Labute approximate surface area is 604 Å². The lowest BCUT2D eigenvalue weighted by molar-refractivity contribution is -0.870. The number of carbonyl (C=O) groups excluding carboxylic acids is 2. The minimum atomic E-state index is -4.66. The number of esters is 2. The minimum Gasteiger partial charge on any atom is -0.756 e. The number of phosphoric ester groups is 1. The summed E-state index contributed by atoms with van der Waals surface area (Å²) in [5.41, 5.74) is 0. The van der Waals surface area contributed by atoms with Crippen molar-refractivity contribution in [2.24, 2.45) is 0 Å². The van der Waals surface area contributed by atoms with Crippen LogP contribution in [0.25, 0.3) is 0 Å². The van der Waals surface area contributed by atoms with Crippen LogP contribution < -0.4 is 4.89 Å². The third-order valence-corrected chi connectivity index (χ3v) is 17.7. The number of allylic oxidation sites excluding steroid dienone is 28. The highest BCUT2D eigenvalue weighted by atomic mass is 31.2. The number of carbonyl (C=O) groups is 2. The molecular formula is C88H148NO8P. The molecule has 0 aliphatic rings. The van der Waals surface area contributed by atoms with Gasteiger partial charge < -0.3 is 27.9 Å². The lowest BCUT2D eigenvalue weighted by Gasteiger charge is -2.28. The maximum atomic E-state index is 12.9. The summed E-state index contributed by atoms with van der Waals surface area (Å²) >= 11 is 0. The quantitative estimate of drug-likeness (QED) is 0.0195. The van der Waals surface area contributed by atoms with Gasteiger partial charge in [0.15, 0.2) is 6.10 Å². The number of ether oxygens (including phenoxy) is 2. The van der Waals surface area contributed by atoms with E-state index in [9.17, 15) is 19.0 Å². The summed E-state index contributed by atoms with van der Waals surface area (Å²) in [6, 6.07) is 0. The van der Waals surface area contributed by atoms with Gasteiger partial charge in [-0.15, -0.1) is 0 Å². The van der Waals surface area contributed by atoms with Crippen molar-refractivity contribution < 1.29 is 42.1 Å². The van der Waals surface area contributed by atoms with E-state index in [2.05, 4.69) is 184 Å². The molecular weight excluding hydrogens is 1230 g/mol. The van der Waals surface area contributed by atoms with Crippen LogP contribution in [0.4, 0.5) is 0 Å². The Balaban J connectivity index is 4.00. The molecule has 0 aromatic heterocycles. The summed E-state index contributed by atoms with van der Waals surface area (Å²) in [6.07, 6.45) is 116. The van der Waals surface area contributed by atoms with Crippen LogP contribution in [-0.4, -0.2) is 70.0 Å². The summed E-state index contributed by atoms with van der Waals surface area (Å²) in [7, 11) is 1.16. The smallest absolute Gasteiger partial charge is 0.306 e. The first-order chi connectivity index (χ1) is 48.0. The topological polar surface area (TPSA) is 111 Å². The molecule has 0 saturated heterocycles. The van der Waals surface area contributed by atoms with Crippen molar-refractivity contribution in [3.63, 3.8) is 0 Å². The SMILES string of the molecule is CC/C=C\C/C=C\C/C=C\C/C=C\C/C=C\C/C=C\C/C=C\CCCCCCCCCCCCCCCCCCCCCC(=O)OC(COC(=O)CCCCCCCCCCCCC/C=C\C/C=C\C/C=C\C/C=C\C/C=C\C/C=C\C/C=C\CC)COP(=O)([O-])OCC[N+](C)(C)C. The second kappa shape index (κ2) is 76.5. The average molecular weight is 1380 g/mol. The molecule has 0 fully saturated rings. The molecule has 98 heavy (non-hydrogen) atoms. The maximum Gasteiger partial charge on any atom is 0.306 e. The standard InChI is InChI=1S/C88H148NO8P/c1-6-8-10-12-14-16-18-20-22-24-26-28-30-32-34-36-38-40-41-42-43-44-45-46-47-49-51-53-55-57-59-61-63-65-67-69-71-73-75-77-79-81-88(91)97-86(85-96-98(92,93)95-83-82-89(3,4)5)84-94-87(90)80-78-76-74-72-70-68-66-64-62-60-58-56-54-52-50-48-39-37-35-33-31-29-27-25-23-21-19-17-15-13-11-9-7-2/h8-11,14-17,20-23,26-29,32-35,38-40,42-43,48,52,54,86H,6-7,12-13,18-19,24-25,30-31,36-37,41,44-47,49-51,53,55-85H2,1-5H3/b10-8-,11-9-,16-14-,17-15-,22-20-,23-21-,28-26-,29-27-,34-32-,35-33-,40-38-,43-42-,48-39-,54-52-. The minimum absolute atomic E-state index is 0.0367. The second-order valence-corrected chi connectivity index (χ2v) is 28.7. The molecule has 9 nitrogen and oxygen atoms in total. The molecule has 0 aromatic carbocycles. The molecule has 558 valence electrons. The van der Waals surface area contributed by atoms with Gasteiger partial charge in [0.1, 0.15) is 19.8 Å². The zero-order valence-electron chi connectivity index (χ0n) is 63.7. The Bertz CT molecular complexity index is 2270. The van der Waals surface area contributed by atoms with Gasteiger partial charge in [-0.05, 0) is 128 Å². The highest BCUT2D eigenvalue weighted by Crippen LogP contribution is 2.38. The molecule has 0 radical (unpaired) electrons. The van der Waals surface area contributed by atoms with E-state index in [-0.39, 0.29) is 32.0 Å². The van der Waals surface area contributed by atoms with E-state index in [1.165, 1.54) is 148 Å². The maximum absolute atomic E-state index is 12.9. The Morgan fingerprint density at radius 3 is 0.816 bits per heavy atom. The van der Waals surface area contributed by atoms with E-state index in [0.29, 0.717) is 17.4 Å². The first kappa shape index (κ1) is 93.4. The Morgan fingerprint density at radius 1 is 0.316 bits per heavy atom. The largest absolute Gasteiger partial charge is 0.756 e. The van der Waals surface area contributed by atoms with Crippen molar-refractivity contribution in [3.05, 3.63) is 170 Å². The van der Waals surface area contributed by atoms with Crippen LogP contribution >= 0.6 is 7.82 Å². The van der Waals surface area contributed by atoms with Gasteiger partial charge in [-0.1, -0.05) is 351 Å². The molecule has 10 heteroatoms. The summed E-state index contributed by atoms with van der Waals surface area (Å²) < 4.78 is 34.4. The predicted octanol–water partition coefficient (Wildman–Crippen LogP) is 26.2. The van der Waals surface area contributed by atoms with Gasteiger partial charge in [0, 0.05) is 12.8 Å². The monoisotopic (exact) mass is 1380 g/mol. The highest BCUT2D eigenvalue weighted by molar-refractivity contribution is 7.45. The van der Waals surface area contributed by atoms with Crippen molar-refractivity contribution in [2.45, 2.75) is 328 Å². The number of phosphoric acid groups is 1. The van der Waals surface area contributed by atoms with Crippen LogP contribution in [0.2, 0.25) is 0 Å². The van der Waals surface area contributed by atoms with E-state index in [0.717, 1.165) is 141 Å². The molecule has 0 amide bonds. The highest BCUT2D eigenvalue weighted by Gasteiger charge is 2.22. The lowest BCUT2D eigenvalue weighted by Crippen LogP contribution is -2.37. The number of rotatable bonds is 72. The van der Waals surface area contributed by atoms with Gasteiger partial charge in [0.2, 0.25) is 0 Å². The number of nitrogens with zero attached hydrogens (tertiary/aromatic N) is 1. The fourth-order valence-corrected chi connectivity index (χ4v) is 11.5. The zero-order chi connectivity index (χ0) is 71.1. The molecule has 0 aromatic rings. The Kier molecular flexibility index (Phi) is 72.9. The third kappa shape index (κ3) is 80.3. The summed E-state index contributed by atoms with van der Waals surface area (Å²) in [5, 5.41) is 0. The molecule has 0 bridgehead atoms. The van der Waals surface area contributed by atoms with Crippen LogP contribution in [-0.2, 0) is 32.7 Å². The molecule has 0 aliphatic carbocycles. The van der Waals surface area contributed by atoms with Gasteiger partial charge in [0.05, 0.1) is 27.7 Å². The number of hydrogen-bond acceptors (Lipinski definition) is 8. The fourth-order valence-electron chi connectivity index (χ4n) is 10.7. The summed E-state index contributed by atoms with van der Waals surface area (Å²) in [5.74, 6) is -0.834. The molecule has 0 spiro atoms. The van der Waals surface area contributed by atoms with Crippen molar-refractivity contribution in [1.29, 1.82) is 0 Å². The normalized spacial score (nSPS) is 14.0. The van der Waals surface area contributed by atoms with Gasteiger partial charge in [-0.2, -0.15) is 0 Å². The van der Waals surface area contributed by atoms with Gasteiger partial charge in [-0.3, -0.25) is 14.2 Å². The van der Waals surface area contributed by atoms with E-state index in [1.54, 1.807) is 0 Å². The third-order valence-electron chi connectivity index (χ3n) is 16.7. The van der Waals surface area contributed by atoms with E-state index in [4.69, 9.17) is 18.5 Å². The first-order valence-electron chi connectivity index (χ1n) is 39.8. The van der Waals surface area contributed by atoms with Gasteiger partial charge in [-0.25, -0.2) is 0 Å². The molecule has 0 saturated carbocycles. The lowest BCUT2D eigenvalue weighted by atomic mass is 10.0.